The number of esters is 1. The van der Waals surface area contributed by atoms with Gasteiger partial charge in [0.15, 0.2) is 11.8 Å². The summed E-state index contributed by atoms with van der Waals surface area (Å²) in [5.74, 6) is -0.569. The van der Waals surface area contributed by atoms with Crippen molar-refractivity contribution in [1.29, 1.82) is 0 Å². The van der Waals surface area contributed by atoms with E-state index in [0.29, 0.717) is 11.4 Å². The zero-order chi connectivity index (χ0) is 20.1. The number of rotatable bonds is 6. The Morgan fingerprint density at radius 1 is 1.11 bits per heavy atom. The molecule has 3 rings (SSSR count). The summed E-state index contributed by atoms with van der Waals surface area (Å²) < 4.78 is 10.5. The van der Waals surface area contributed by atoms with Gasteiger partial charge in [-0.2, -0.15) is 0 Å². The highest BCUT2D eigenvalue weighted by Gasteiger charge is 2.22. The molecule has 1 aromatic heterocycles. The van der Waals surface area contributed by atoms with Crippen molar-refractivity contribution in [1.82, 2.24) is 4.98 Å². The number of para-hydroxylation sites is 2. The molecule has 6 nitrogen and oxygen atoms in total. The minimum Gasteiger partial charge on any atom is -0.495 e. The van der Waals surface area contributed by atoms with E-state index in [0.717, 1.165) is 16.1 Å². The summed E-state index contributed by atoms with van der Waals surface area (Å²) in [5, 5.41) is 5.04. The first-order chi connectivity index (χ1) is 13.5. The molecular weight excluding hydrogens is 376 g/mol. The number of methoxy groups -OCH3 is 1. The van der Waals surface area contributed by atoms with Gasteiger partial charge >= 0.3 is 5.97 Å². The maximum Gasteiger partial charge on any atom is 0.358 e. The molecular formula is C21H20N2O4S. The highest BCUT2D eigenvalue weighted by Crippen LogP contribution is 2.25. The van der Waals surface area contributed by atoms with Crippen LogP contribution in [-0.2, 0) is 9.53 Å². The Bertz CT molecular complexity index is 982. The standard InChI is InChI=1S/C21H20N2O4S/c1-13-8-10-15(11-9-13)20-23-17(12-28-20)21(25)27-14(2)19(24)22-16-6-4-5-7-18(16)26-3/h4-12,14H,1-3H3,(H,22,24)/t14-/m1/s1. The van der Waals surface area contributed by atoms with E-state index in [1.165, 1.54) is 25.4 Å². The Hall–Kier alpha value is -3.19. The molecule has 0 bridgehead atoms. The first kappa shape index (κ1) is 19.6. The predicted octanol–water partition coefficient (Wildman–Crippen LogP) is 4.31. The molecule has 0 aliphatic rings. The molecule has 0 saturated carbocycles. The van der Waals surface area contributed by atoms with E-state index in [1.807, 2.05) is 31.2 Å². The average molecular weight is 396 g/mol. The quantitative estimate of drug-likeness (QED) is 0.628. The second-order valence-corrected chi connectivity index (χ2v) is 7.00. The number of ether oxygens (including phenoxy) is 2. The zero-order valence-corrected chi connectivity index (χ0v) is 16.6. The largest absolute Gasteiger partial charge is 0.495 e. The lowest BCUT2D eigenvalue weighted by Gasteiger charge is -2.14. The monoisotopic (exact) mass is 396 g/mol. The van der Waals surface area contributed by atoms with Crippen molar-refractivity contribution in [3.8, 4) is 16.3 Å². The number of aromatic nitrogens is 1. The second kappa shape index (κ2) is 8.67. The SMILES string of the molecule is COc1ccccc1NC(=O)[C@@H](C)OC(=O)c1csc(-c2ccc(C)cc2)n1. The van der Waals surface area contributed by atoms with Crippen LogP contribution >= 0.6 is 11.3 Å². The number of carbonyl (C=O) groups excluding carboxylic acids is 2. The van der Waals surface area contributed by atoms with Crippen LogP contribution in [0.15, 0.2) is 53.9 Å². The fraction of sp³-hybridized carbons (Fsp3) is 0.190. The van der Waals surface area contributed by atoms with Crippen LogP contribution in [0.3, 0.4) is 0 Å². The molecule has 1 N–H and O–H groups in total. The lowest BCUT2D eigenvalue weighted by atomic mass is 10.2. The van der Waals surface area contributed by atoms with E-state index in [-0.39, 0.29) is 5.69 Å². The summed E-state index contributed by atoms with van der Waals surface area (Å²) in [5.41, 5.74) is 2.76. The summed E-state index contributed by atoms with van der Waals surface area (Å²) in [7, 11) is 1.52. The normalized spacial score (nSPS) is 11.5. The van der Waals surface area contributed by atoms with Crippen molar-refractivity contribution in [2.24, 2.45) is 0 Å². The second-order valence-electron chi connectivity index (χ2n) is 6.14. The number of thiazole rings is 1. The van der Waals surface area contributed by atoms with Crippen LogP contribution in [0, 0.1) is 6.92 Å². The molecule has 7 heteroatoms. The van der Waals surface area contributed by atoms with Gasteiger partial charge in [-0.15, -0.1) is 11.3 Å². The lowest BCUT2D eigenvalue weighted by molar-refractivity contribution is -0.123. The molecule has 0 radical (unpaired) electrons. The van der Waals surface area contributed by atoms with Crippen LogP contribution in [0.25, 0.3) is 10.6 Å². The number of carbonyl (C=O) groups is 2. The van der Waals surface area contributed by atoms with E-state index in [2.05, 4.69) is 10.3 Å². The van der Waals surface area contributed by atoms with Gasteiger partial charge in [0.25, 0.3) is 5.91 Å². The predicted molar refractivity (Wildman–Crippen MR) is 109 cm³/mol. The van der Waals surface area contributed by atoms with E-state index in [9.17, 15) is 9.59 Å². The molecule has 0 aliphatic heterocycles. The average Bonchev–Trinajstić information content (AvgIpc) is 3.19. The fourth-order valence-electron chi connectivity index (χ4n) is 2.45. The molecule has 0 aliphatic carbocycles. The Balaban J connectivity index is 1.64. The van der Waals surface area contributed by atoms with Crippen molar-refractivity contribution in [3.63, 3.8) is 0 Å². The van der Waals surface area contributed by atoms with Crippen LogP contribution in [0.2, 0.25) is 0 Å². The van der Waals surface area contributed by atoms with Crippen LogP contribution in [-0.4, -0.2) is 30.1 Å². The highest BCUT2D eigenvalue weighted by molar-refractivity contribution is 7.13. The number of benzene rings is 2. The van der Waals surface area contributed by atoms with Crippen molar-refractivity contribution in [3.05, 3.63) is 65.2 Å². The third kappa shape index (κ3) is 4.55. The first-order valence-electron chi connectivity index (χ1n) is 8.65. The molecule has 0 unspecified atom stereocenters. The van der Waals surface area contributed by atoms with Crippen molar-refractivity contribution in [2.45, 2.75) is 20.0 Å². The Kier molecular flexibility index (Phi) is 6.06. The maximum atomic E-state index is 12.4. The van der Waals surface area contributed by atoms with Crippen LogP contribution in [0.4, 0.5) is 5.69 Å². The summed E-state index contributed by atoms with van der Waals surface area (Å²) in [6.45, 7) is 3.52. The molecule has 0 fully saturated rings. The minimum absolute atomic E-state index is 0.178. The number of hydrogen-bond acceptors (Lipinski definition) is 6. The summed E-state index contributed by atoms with van der Waals surface area (Å²) in [4.78, 5) is 29.0. The van der Waals surface area contributed by atoms with E-state index in [4.69, 9.17) is 9.47 Å². The van der Waals surface area contributed by atoms with Crippen LogP contribution in [0.1, 0.15) is 23.0 Å². The smallest absolute Gasteiger partial charge is 0.358 e. The van der Waals surface area contributed by atoms with Gasteiger partial charge < -0.3 is 14.8 Å². The summed E-state index contributed by atoms with van der Waals surface area (Å²) in [6.07, 6.45) is -0.984. The van der Waals surface area contributed by atoms with E-state index in [1.54, 1.807) is 29.6 Å². The molecule has 0 saturated heterocycles. The van der Waals surface area contributed by atoms with Gasteiger partial charge in [-0.1, -0.05) is 42.0 Å². The third-order valence-corrected chi connectivity index (χ3v) is 4.92. The molecule has 1 atom stereocenters. The molecule has 1 heterocycles. The number of anilines is 1. The molecule has 28 heavy (non-hydrogen) atoms. The van der Waals surface area contributed by atoms with E-state index >= 15 is 0 Å². The molecule has 2 aromatic carbocycles. The third-order valence-electron chi connectivity index (χ3n) is 4.03. The number of hydrogen-bond donors (Lipinski definition) is 1. The van der Waals surface area contributed by atoms with Crippen molar-refractivity contribution in [2.75, 3.05) is 12.4 Å². The van der Waals surface area contributed by atoms with Gasteiger partial charge in [0, 0.05) is 10.9 Å². The van der Waals surface area contributed by atoms with Crippen molar-refractivity contribution < 1.29 is 19.1 Å². The molecule has 3 aromatic rings. The van der Waals surface area contributed by atoms with Gasteiger partial charge in [-0.25, -0.2) is 9.78 Å². The summed E-state index contributed by atoms with van der Waals surface area (Å²) >= 11 is 1.35. The Labute approximate surface area is 167 Å². The molecule has 0 spiro atoms. The number of amides is 1. The van der Waals surface area contributed by atoms with Crippen molar-refractivity contribution >= 4 is 28.9 Å². The van der Waals surface area contributed by atoms with Gasteiger partial charge in [0.2, 0.25) is 0 Å². The molecule has 144 valence electrons. The first-order valence-corrected chi connectivity index (χ1v) is 9.53. The lowest BCUT2D eigenvalue weighted by Crippen LogP contribution is -2.30. The van der Waals surface area contributed by atoms with Crippen LogP contribution < -0.4 is 10.1 Å². The van der Waals surface area contributed by atoms with E-state index < -0.39 is 18.0 Å². The topological polar surface area (TPSA) is 77.5 Å². The van der Waals surface area contributed by atoms with Gasteiger partial charge in [0.1, 0.15) is 10.8 Å². The van der Waals surface area contributed by atoms with Crippen LogP contribution in [0.5, 0.6) is 5.75 Å². The highest BCUT2D eigenvalue weighted by atomic mass is 32.1. The van der Waals surface area contributed by atoms with Gasteiger partial charge in [-0.05, 0) is 26.0 Å². The number of aryl methyl sites for hydroxylation is 1. The maximum absolute atomic E-state index is 12.4. The zero-order valence-electron chi connectivity index (χ0n) is 15.8. The Morgan fingerprint density at radius 3 is 2.54 bits per heavy atom. The summed E-state index contributed by atoms with van der Waals surface area (Å²) in [6, 6.07) is 14.9. The Morgan fingerprint density at radius 2 is 1.82 bits per heavy atom. The molecule has 1 amide bonds. The van der Waals surface area contributed by atoms with Gasteiger partial charge in [0.05, 0.1) is 12.8 Å². The number of nitrogens with one attached hydrogen (secondary N) is 1. The minimum atomic E-state index is -0.984. The fourth-order valence-corrected chi connectivity index (χ4v) is 3.25. The number of nitrogens with zero attached hydrogens (tertiary/aromatic N) is 1. The van der Waals surface area contributed by atoms with Gasteiger partial charge in [-0.3, -0.25) is 4.79 Å².